The number of primary amides is 3. The molecule has 11 N–H and O–H groups in total. The van der Waals surface area contributed by atoms with Crippen LogP contribution in [-0.2, 0) is 49.6 Å². The van der Waals surface area contributed by atoms with Crippen LogP contribution in [-0.4, -0.2) is 92.6 Å². The van der Waals surface area contributed by atoms with E-state index in [0.29, 0.717) is 49.6 Å². The van der Waals surface area contributed by atoms with Crippen LogP contribution >= 0.6 is 0 Å². The molecule has 0 radical (unpaired) electrons. The maximum absolute atomic E-state index is 11.6. The number of carbonyl (C=O) groups excluding carboxylic acids is 9. The SMILES string of the molecule is CC(C)C(=O)CCOCCC(=O)NCC(=O)NC(C)C(C)C.CC(C)C(=O)OCc1ccc(NC(=O)CNC=O)cc1C(N)=O.CCC(N)=O.CCCNC(N)=O. The number of hydrogen-bond donors (Lipinski definition) is 8. The van der Waals surface area contributed by atoms with Crippen molar-refractivity contribution in [3.8, 4) is 0 Å². The monoisotopic (exact) mass is 810 g/mol. The van der Waals surface area contributed by atoms with Gasteiger partial charge >= 0.3 is 12.0 Å². The van der Waals surface area contributed by atoms with Gasteiger partial charge in [0.25, 0.3) is 0 Å². The van der Waals surface area contributed by atoms with Gasteiger partial charge in [-0.05, 0) is 31.4 Å². The van der Waals surface area contributed by atoms with Crippen molar-refractivity contribution >= 4 is 59.4 Å². The number of benzene rings is 1. The van der Waals surface area contributed by atoms with Crippen LogP contribution in [0.5, 0.6) is 0 Å². The van der Waals surface area contributed by atoms with Gasteiger partial charge in [0.2, 0.25) is 35.9 Å². The molecule has 19 heteroatoms. The van der Waals surface area contributed by atoms with Crippen LogP contribution in [0.15, 0.2) is 18.2 Å². The summed E-state index contributed by atoms with van der Waals surface area (Å²) in [5.74, 6) is -1.99. The van der Waals surface area contributed by atoms with Crippen molar-refractivity contribution in [2.45, 2.75) is 101 Å². The Morgan fingerprint density at radius 2 is 1.37 bits per heavy atom. The van der Waals surface area contributed by atoms with E-state index in [1.54, 1.807) is 26.8 Å². The quantitative estimate of drug-likeness (QED) is 0.0470. The van der Waals surface area contributed by atoms with Crippen LogP contribution in [0.4, 0.5) is 10.5 Å². The van der Waals surface area contributed by atoms with Gasteiger partial charge < -0.3 is 53.3 Å². The summed E-state index contributed by atoms with van der Waals surface area (Å²) in [5, 5.41) is 12.5. The van der Waals surface area contributed by atoms with Crippen LogP contribution in [0, 0.1) is 17.8 Å². The smallest absolute Gasteiger partial charge is 0.312 e. The van der Waals surface area contributed by atoms with Crippen molar-refractivity contribution in [1.29, 1.82) is 0 Å². The molecule has 1 atom stereocenters. The van der Waals surface area contributed by atoms with E-state index < -0.39 is 23.8 Å². The molecule has 0 bridgehead atoms. The third-order valence-electron chi connectivity index (χ3n) is 7.19. The Kier molecular flexibility index (Phi) is 33.0. The van der Waals surface area contributed by atoms with Crippen LogP contribution in [0.25, 0.3) is 0 Å². The zero-order valence-corrected chi connectivity index (χ0v) is 34.9. The second-order valence-corrected chi connectivity index (χ2v) is 13.3. The fourth-order valence-electron chi connectivity index (χ4n) is 3.38. The summed E-state index contributed by atoms with van der Waals surface area (Å²) in [5.41, 5.74) is 15.6. The van der Waals surface area contributed by atoms with E-state index in [1.807, 2.05) is 41.5 Å². The number of carbonyl (C=O) groups is 9. The van der Waals surface area contributed by atoms with E-state index in [1.165, 1.54) is 12.1 Å². The van der Waals surface area contributed by atoms with Gasteiger partial charge in [-0.15, -0.1) is 0 Å². The van der Waals surface area contributed by atoms with Gasteiger partial charge in [-0.2, -0.15) is 0 Å². The molecule has 19 nitrogen and oxygen atoms in total. The molecule has 0 spiro atoms. The molecule has 0 fully saturated rings. The third-order valence-corrected chi connectivity index (χ3v) is 7.19. The first-order chi connectivity index (χ1) is 26.6. The van der Waals surface area contributed by atoms with Gasteiger partial charge in [0, 0.05) is 54.6 Å². The summed E-state index contributed by atoms with van der Waals surface area (Å²) in [6.07, 6.45) is 2.33. The van der Waals surface area contributed by atoms with Crippen molar-refractivity contribution in [2.24, 2.45) is 35.0 Å². The Morgan fingerprint density at radius 1 is 0.772 bits per heavy atom. The molecule has 57 heavy (non-hydrogen) atoms. The van der Waals surface area contributed by atoms with Crippen molar-refractivity contribution < 1.29 is 52.6 Å². The van der Waals surface area contributed by atoms with Crippen LogP contribution in [0.2, 0.25) is 0 Å². The number of nitrogens with two attached hydrogens (primary N) is 3. The molecule has 0 aliphatic carbocycles. The number of Topliss-reactive ketones (excluding diaryl/α,β-unsaturated/α-hetero) is 1. The van der Waals surface area contributed by atoms with Crippen LogP contribution in [0.3, 0.4) is 0 Å². The highest BCUT2D eigenvalue weighted by molar-refractivity contribution is 5.98. The highest BCUT2D eigenvalue weighted by atomic mass is 16.5. The summed E-state index contributed by atoms with van der Waals surface area (Å²) in [6, 6.07) is 4.10. The minimum atomic E-state index is -0.706. The molecule has 0 aliphatic rings. The minimum absolute atomic E-state index is 0.0126. The summed E-state index contributed by atoms with van der Waals surface area (Å²) < 4.78 is 10.3. The fraction of sp³-hybridized carbons (Fsp3) is 0.605. The van der Waals surface area contributed by atoms with E-state index in [2.05, 4.69) is 32.3 Å². The van der Waals surface area contributed by atoms with Crippen molar-refractivity contribution in [1.82, 2.24) is 21.3 Å². The molecule has 0 saturated heterocycles. The Bertz CT molecular complexity index is 1420. The molecular formula is C38H66N8O11. The molecule has 1 aromatic carbocycles. The second kappa shape index (κ2) is 33.7. The molecule has 1 rings (SSSR count). The largest absolute Gasteiger partial charge is 0.461 e. The van der Waals surface area contributed by atoms with Gasteiger partial charge in [-0.3, -0.25) is 38.4 Å². The fourth-order valence-corrected chi connectivity index (χ4v) is 3.38. The van der Waals surface area contributed by atoms with E-state index in [-0.39, 0.29) is 79.7 Å². The van der Waals surface area contributed by atoms with Crippen molar-refractivity contribution in [3.63, 3.8) is 0 Å². The summed E-state index contributed by atoms with van der Waals surface area (Å²) in [6.45, 7) is 17.7. The first kappa shape index (κ1) is 55.7. The molecule has 0 saturated carbocycles. The van der Waals surface area contributed by atoms with E-state index in [4.69, 9.17) is 20.9 Å². The molecule has 324 valence electrons. The first-order valence-electron chi connectivity index (χ1n) is 18.7. The van der Waals surface area contributed by atoms with Gasteiger partial charge in [0.15, 0.2) is 0 Å². The normalized spacial score (nSPS) is 10.5. The number of ether oxygens (including phenoxy) is 2. The van der Waals surface area contributed by atoms with Gasteiger partial charge in [0.05, 0.1) is 32.2 Å². The maximum Gasteiger partial charge on any atom is 0.312 e. The predicted molar refractivity (Wildman–Crippen MR) is 215 cm³/mol. The number of nitrogens with one attached hydrogen (secondary N) is 5. The number of esters is 1. The zero-order valence-electron chi connectivity index (χ0n) is 34.9. The lowest BCUT2D eigenvalue weighted by Crippen LogP contribution is -2.42. The summed E-state index contributed by atoms with van der Waals surface area (Å²) in [4.78, 5) is 98.6. The average molecular weight is 811 g/mol. The van der Waals surface area contributed by atoms with Crippen molar-refractivity contribution in [2.75, 3.05) is 38.2 Å². The number of rotatable bonds is 22. The number of anilines is 1. The van der Waals surface area contributed by atoms with Gasteiger partial charge in [-0.25, -0.2) is 4.79 Å². The Balaban J connectivity index is -0.000000796. The second-order valence-electron chi connectivity index (χ2n) is 13.3. The Labute approximate surface area is 336 Å². The summed E-state index contributed by atoms with van der Waals surface area (Å²) >= 11 is 0. The Hall–Kier alpha value is -5.59. The number of urea groups is 1. The molecular weight excluding hydrogens is 744 g/mol. The highest BCUT2D eigenvalue weighted by Gasteiger charge is 2.15. The first-order valence-corrected chi connectivity index (χ1v) is 18.7. The average Bonchev–Trinajstić information content (AvgIpc) is 3.14. The molecule has 0 aromatic heterocycles. The molecule has 1 aromatic rings. The zero-order chi connectivity index (χ0) is 44.5. The van der Waals surface area contributed by atoms with E-state index in [9.17, 15) is 43.2 Å². The third kappa shape index (κ3) is 33.5. The van der Waals surface area contributed by atoms with E-state index >= 15 is 0 Å². The molecule has 8 amide bonds. The Morgan fingerprint density at radius 3 is 1.82 bits per heavy atom. The molecule has 1 unspecified atom stereocenters. The predicted octanol–water partition coefficient (Wildman–Crippen LogP) is 1.40. The van der Waals surface area contributed by atoms with E-state index in [0.717, 1.165) is 6.42 Å². The summed E-state index contributed by atoms with van der Waals surface area (Å²) in [7, 11) is 0. The van der Waals surface area contributed by atoms with Crippen LogP contribution in [0.1, 0.15) is 104 Å². The number of ketones is 1. The minimum Gasteiger partial charge on any atom is -0.461 e. The number of hydrogen-bond acceptors (Lipinski definition) is 11. The van der Waals surface area contributed by atoms with Crippen LogP contribution < -0.4 is 43.8 Å². The molecule has 0 aliphatic heterocycles. The topological polar surface area (TPSA) is 310 Å². The lowest BCUT2D eigenvalue weighted by atomic mass is 10.1. The van der Waals surface area contributed by atoms with Gasteiger partial charge in [0.1, 0.15) is 12.4 Å². The standard InChI is InChI=1S/C16H30N2O4.C15H19N3O5.C4H10N2O.C3H7NO/c1-11(2)13(5)18-16(21)10-17-15(20)7-9-22-8-6-14(19)12(3)4;1-9(2)15(22)23-7-10-3-4-11(5-12(10)14(16)21)18-13(20)6-17-8-19;1-2-3-6-4(5)7;1-2-3(4)5/h11-13H,6-10H2,1-5H3,(H,17,20)(H,18,21);3-5,8-9H,6-7H2,1-2H3,(H2,16,21)(H,17,19)(H,18,20);2-3H2,1H3,(H3,5,6,7);2H2,1H3,(H2,4,5). The number of amides is 8. The molecule has 0 heterocycles. The van der Waals surface area contributed by atoms with Gasteiger partial charge in [-0.1, -0.05) is 61.5 Å². The van der Waals surface area contributed by atoms with Crippen molar-refractivity contribution in [3.05, 3.63) is 29.3 Å². The highest BCUT2D eigenvalue weighted by Crippen LogP contribution is 2.17. The lowest BCUT2D eigenvalue weighted by Gasteiger charge is -2.17. The lowest BCUT2D eigenvalue weighted by molar-refractivity contribution is -0.148. The maximum atomic E-state index is 11.6.